The molecule has 0 bridgehead atoms. The van der Waals surface area contributed by atoms with Crippen LogP contribution in [0.3, 0.4) is 0 Å². The summed E-state index contributed by atoms with van der Waals surface area (Å²) in [7, 11) is 0. The molecule has 0 fully saturated rings. The Morgan fingerprint density at radius 1 is 1.36 bits per heavy atom. The summed E-state index contributed by atoms with van der Waals surface area (Å²) in [6.45, 7) is 5.64. The topological polar surface area (TPSA) is 12.0 Å². The Labute approximate surface area is 86.5 Å². The summed E-state index contributed by atoms with van der Waals surface area (Å²) in [6.07, 6.45) is 2.51. The number of rotatable bonds is 3. The quantitative estimate of drug-likeness (QED) is 0.771. The molecule has 0 heterocycles. The van der Waals surface area contributed by atoms with Crippen molar-refractivity contribution in [1.82, 2.24) is 5.32 Å². The number of hydrogen-bond donors (Lipinski definition) is 1. The first-order valence-corrected chi connectivity index (χ1v) is 5.58. The van der Waals surface area contributed by atoms with E-state index in [1.807, 2.05) is 0 Å². The van der Waals surface area contributed by atoms with E-state index in [1.165, 1.54) is 24.0 Å². The number of benzene rings is 1. The van der Waals surface area contributed by atoms with Crippen molar-refractivity contribution in [1.29, 1.82) is 0 Å². The van der Waals surface area contributed by atoms with E-state index in [1.54, 1.807) is 0 Å². The smallest absolute Gasteiger partial charge is 0.0326 e. The zero-order valence-electron chi connectivity index (χ0n) is 9.09. The fourth-order valence-electron chi connectivity index (χ4n) is 2.15. The second-order valence-electron chi connectivity index (χ2n) is 4.59. The van der Waals surface area contributed by atoms with Gasteiger partial charge in [-0.3, -0.25) is 0 Å². The molecule has 0 unspecified atom stereocenters. The molecule has 2 rings (SSSR count). The summed E-state index contributed by atoms with van der Waals surface area (Å²) >= 11 is 0. The van der Waals surface area contributed by atoms with Crippen molar-refractivity contribution in [2.24, 2.45) is 5.92 Å². The minimum atomic E-state index is 0.605. The molecule has 0 aromatic heterocycles. The van der Waals surface area contributed by atoms with Crippen LogP contribution < -0.4 is 5.32 Å². The molecule has 0 saturated carbocycles. The zero-order valence-corrected chi connectivity index (χ0v) is 9.09. The van der Waals surface area contributed by atoms with Crippen molar-refractivity contribution in [2.75, 3.05) is 6.54 Å². The minimum Gasteiger partial charge on any atom is -0.310 e. The van der Waals surface area contributed by atoms with Crippen LogP contribution in [0.15, 0.2) is 24.3 Å². The van der Waals surface area contributed by atoms with Gasteiger partial charge in [0.1, 0.15) is 0 Å². The van der Waals surface area contributed by atoms with Crippen molar-refractivity contribution < 1.29 is 0 Å². The summed E-state index contributed by atoms with van der Waals surface area (Å²) < 4.78 is 0. The van der Waals surface area contributed by atoms with E-state index in [0.717, 1.165) is 12.5 Å². The molecule has 1 heteroatoms. The van der Waals surface area contributed by atoms with Crippen LogP contribution in [0.5, 0.6) is 0 Å². The van der Waals surface area contributed by atoms with Gasteiger partial charge in [0.15, 0.2) is 0 Å². The summed E-state index contributed by atoms with van der Waals surface area (Å²) in [5, 5.41) is 3.64. The van der Waals surface area contributed by atoms with Crippen molar-refractivity contribution in [2.45, 2.75) is 32.7 Å². The van der Waals surface area contributed by atoms with Gasteiger partial charge in [0.05, 0.1) is 0 Å². The van der Waals surface area contributed by atoms with Crippen LogP contribution >= 0.6 is 0 Å². The highest BCUT2D eigenvalue weighted by molar-refractivity contribution is 5.34. The molecular formula is C13H19N. The lowest BCUT2D eigenvalue weighted by Crippen LogP contribution is -2.23. The maximum Gasteiger partial charge on any atom is 0.0326 e. The molecule has 1 aliphatic carbocycles. The van der Waals surface area contributed by atoms with Gasteiger partial charge in [-0.2, -0.15) is 0 Å². The predicted molar refractivity (Wildman–Crippen MR) is 60.3 cm³/mol. The van der Waals surface area contributed by atoms with Gasteiger partial charge in [0.25, 0.3) is 0 Å². The van der Waals surface area contributed by atoms with E-state index >= 15 is 0 Å². The van der Waals surface area contributed by atoms with Crippen LogP contribution in [0, 0.1) is 5.92 Å². The number of aryl methyl sites for hydroxylation is 1. The van der Waals surface area contributed by atoms with Crippen LogP contribution in [0.25, 0.3) is 0 Å². The van der Waals surface area contributed by atoms with Gasteiger partial charge in [-0.25, -0.2) is 0 Å². The third-order valence-electron chi connectivity index (χ3n) is 2.91. The van der Waals surface area contributed by atoms with Crippen molar-refractivity contribution in [3.63, 3.8) is 0 Å². The Morgan fingerprint density at radius 2 is 2.14 bits per heavy atom. The zero-order chi connectivity index (χ0) is 9.97. The number of fused-ring (bicyclic) bond motifs is 1. The van der Waals surface area contributed by atoms with E-state index in [0.29, 0.717) is 6.04 Å². The molecule has 1 nitrogen and oxygen atoms in total. The molecule has 0 spiro atoms. The molecule has 1 aliphatic rings. The third-order valence-corrected chi connectivity index (χ3v) is 2.91. The fourth-order valence-corrected chi connectivity index (χ4v) is 2.15. The Morgan fingerprint density at radius 3 is 2.93 bits per heavy atom. The van der Waals surface area contributed by atoms with Crippen molar-refractivity contribution in [3.8, 4) is 0 Å². The second-order valence-corrected chi connectivity index (χ2v) is 4.59. The summed E-state index contributed by atoms with van der Waals surface area (Å²) in [6, 6.07) is 9.42. The number of nitrogens with one attached hydrogen (secondary N) is 1. The lowest BCUT2D eigenvalue weighted by atomic mass is 10.1. The first-order chi connectivity index (χ1) is 6.77. The first kappa shape index (κ1) is 9.72. The monoisotopic (exact) mass is 189 g/mol. The van der Waals surface area contributed by atoms with E-state index in [2.05, 4.69) is 43.4 Å². The van der Waals surface area contributed by atoms with Crippen molar-refractivity contribution >= 4 is 0 Å². The van der Waals surface area contributed by atoms with Crippen LogP contribution in [-0.4, -0.2) is 6.54 Å². The fraction of sp³-hybridized carbons (Fsp3) is 0.538. The molecule has 1 aromatic carbocycles. The third kappa shape index (κ3) is 1.98. The minimum absolute atomic E-state index is 0.605. The number of hydrogen-bond acceptors (Lipinski definition) is 1. The SMILES string of the molecule is CC(C)CN[C@H]1CCc2ccccc21. The van der Waals surface area contributed by atoms with Gasteiger partial charge < -0.3 is 5.32 Å². The maximum absolute atomic E-state index is 3.64. The Kier molecular flexibility index (Phi) is 2.87. The molecule has 1 N–H and O–H groups in total. The lowest BCUT2D eigenvalue weighted by Gasteiger charge is -2.15. The molecule has 0 saturated heterocycles. The van der Waals surface area contributed by atoms with E-state index in [-0.39, 0.29) is 0 Å². The average Bonchev–Trinajstić information content (AvgIpc) is 2.58. The molecule has 1 aromatic rings. The highest BCUT2D eigenvalue weighted by Gasteiger charge is 2.20. The summed E-state index contributed by atoms with van der Waals surface area (Å²) in [5.74, 6) is 0.739. The lowest BCUT2D eigenvalue weighted by molar-refractivity contribution is 0.472. The Bertz CT molecular complexity index is 304. The van der Waals surface area contributed by atoms with E-state index < -0.39 is 0 Å². The van der Waals surface area contributed by atoms with Crippen LogP contribution in [0.2, 0.25) is 0 Å². The molecular weight excluding hydrogens is 170 g/mol. The second kappa shape index (κ2) is 4.14. The van der Waals surface area contributed by atoms with Gasteiger partial charge in [-0.1, -0.05) is 38.1 Å². The molecule has 0 radical (unpaired) electrons. The first-order valence-electron chi connectivity index (χ1n) is 5.58. The molecule has 0 aliphatic heterocycles. The van der Waals surface area contributed by atoms with Gasteiger partial charge in [0, 0.05) is 6.04 Å². The standard InChI is InChI=1S/C13H19N/c1-10(2)9-14-13-8-7-11-5-3-4-6-12(11)13/h3-6,10,13-14H,7-9H2,1-2H3/t13-/m0/s1. The van der Waals surface area contributed by atoms with Crippen LogP contribution in [-0.2, 0) is 6.42 Å². The molecule has 14 heavy (non-hydrogen) atoms. The predicted octanol–water partition coefficient (Wildman–Crippen LogP) is 2.92. The molecule has 0 amide bonds. The van der Waals surface area contributed by atoms with Crippen LogP contribution in [0.4, 0.5) is 0 Å². The van der Waals surface area contributed by atoms with Gasteiger partial charge >= 0.3 is 0 Å². The van der Waals surface area contributed by atoms with Gasteiger partial charge in [0.2, 0.25) is 0 Å². The Balaban J connectivity index is 2.03. The normalized spacial score (nSPS) is 20.1. The molecule has 76 valence electrons. The van der Waals surface area contributed by atoms with Gasteiger partial charge in [-0.15, -0.1) is 0 Å². The van der Waals surface area contributed by atoms with Crippen molar-refractivity contribution in [3.05, 3.63) is 35.4 Å². The summed E-state index contributed by atoms with van der Waals surface area (Å²) in [4.78, 5) is 0. The highest BCUT2D eigenvalue weighted by atomic mass is 14.9. The maximum atomic E-state index is 3.64. The summed E-state index contributed by atoms with van der Waals surface area (Å²) in [5.41, 5.74) is 3.06. The average molecular weight is 189 g/mol. The van der Waals surface area contributed by atoms with E-state index in [4.69, 9.17) is 0 Å². The Hall–Kier alpha value is -0.820. The van der Waals surface area contributed by atoms with Crippen LogP contribution in [0.1, 0.15) is 37.4 Å². The molecule has 1 atom stereocenters. The van der Waals surface area contributed by atoms with E-state index in [9.17, 15) is 0 Å². The highest BCUT2D eigenvalue weighted by Crippen LogP contribution is 2.30. The largest absolute Gasteiger partial charge is 0.310 e. The van der Waals surface area contributed by atoms with Gasteiger partial charge in [-0.05, 0) is 36.4 Å².